The molecular weight excluding hydrogens is 248 g/mol. The lowest BCUT2D eigenvalue weighted by Gasteiger charge is -2.07. The molecule has 0 aliphatic rings. The van der Waals surface area contributed by atoms with Gasteiger partial charge in [0.25, 0.3) is 0 Å². The molecule has 3 heteroatoms. The monoisotopic (exact) mass is 280 g/mol. The van der Waals surface area contributed by atoms with Crippen LogP contribution in [0.25, 0.3) is 0 Å². The molecule has 0 amide bonds. The second kappa shape index (κ2) is 9.98. The van der Waals surface area contributed by atoms with Crippen molar-refractivity contribution in [2.45, 2.75) is 91.7 Å². The highest BCUT2D eigenvalue weighted by molar-refractivity contribution is 5.25. The van der Waals surface area contributed by atoms with Crippen LogP contribution in [0.5, 0.6) is 0 Å². The van der Waals surface area contributed by atoms with Crippen molar-refractivity contribution in [3.63, 3.8) is 0 Å². The predicted octanol–water partition coefficient (Wildman–Crippen LogP) is 4.25. The first-order valence-electron chi connectivity index (χ1n) is 8.46. The summed E-state index contributed by atoms with van der Waals surface area (Å²) >= 11 is 0. The molecule has 1 heterocycles. The third kappa shape index (κ3) is 4.93. The van der Waals surface area contributed by atoms with E-state index in [2.05, 4.69) is 30.6 Å². The Morgan fingerprint density at radius 3 is 2.10 bits per heavy atom. The van der Waals surface area contributed by atoms with E-state index in [0.717, 1.165) is 30.6 Å². The maximum absolute atomic E-state index is 9.51. The molecule has 0 spiro atoms. The standard InChI is InChI=1S/C17H32N2O/c1-4-7-8-9-10-11-12-13-19-17(6-3)15(14-20)16(5-2)18-19/h20H,4-14H2,1-3H3. The van der Waals surface area contributed by atoms with Crippen LogP contribution in [0, 0.1) is 0 Å². The molecule has 1 aromatic heterocycles. The summed E-state index contributed by atoms with van der Waals surface area (Å²) in [5, 5.41) is 14.2. The van der Waals surface area contributed by atoms with Crippen molar-refractivity contribution in [1.29, 1.82) is 0 Å². The maximum atomic E-state index is 9.51. The predicted molar refractivity (Wildman–Crippen MR) is 84.9 cm³/mol. The lowest BCUT2D eigenvalue weighted by molar-refractivity contribution is 0.279. The van der Waals surface area contributed by atoms with Gasteiger partial charge >= 0.3 is 0 Å². The fourth-order valence-electron chi connectivity index (χ4n) is 2.85. The zero-order valence-corrected chi connectivity index (χ0v) is 13.6. The molecule has 0 aliphatic heterocycles. The number of aryl methyl sites for hydroxylation is 2. The molecule has 20 heavy (non-hydrogen) atoms. The maximum Gasteiger partial charge on any atom is 0.0718 e. The van der Waals surface area contributed by atoms with Crippen LogP contribution in [0.15, 0.2) is 0 Å². The normalized spacial score (nSPS) is 11.2. The number of aliphatic hydroxyl groups excluding tert-OH is 1. The van der Waals surface area contributed by atoms with Crippen molar-refractivity contribution in [2.75, 3.05) is 0 Å². The molecule has 116 valence electrons. The molecule has 0 bridgehead atoms. The van der Waals surface area contributed by atoms with E-state index in [9.17, 15) is 5.11 Å². The Balaban J connectivity index is 2.41. The second-order valence-electron chi connectivity index (χ2n) is 5.58. The molecule has 0 saturated carbocycles. The zero-order valence-electron chi connectivity index (χ0n) is 13.6. The van der Waals surface area contributed by atoms with Gasteiger partial charge in [-0.25, -0.2) is 0 Å². The van der Waals surface area contributed by atoms with Crippen LogP contribution in [0.1, 0.15) is 82.7 Å². The lowest BCUT2D eigenvalue weighted by Crippen LogP contribution is -2.05. The first-order valence-corrected chi connectivity index (χ1v) is 8.46. The average molecular weight is 280 g/mol. The lowest BCUT2D eigenvalue weighted by atomic mass is 10.1. The number of aromatic nitrogens is 2. The molecule has 0 aliphatic carbocycles. The van der Waals surface area contributed by atoms with E-state index < -0.39 is 0 Å². The Bertz CT molecular complexity index is 371. The number of hydrogen-bond donors (Lipinski definition) is 1. The van der Waals surface area contributed by atoms with E-state index in [1.54, 1.807) is 0 Å². The highest BCUT2D eigenvalue weighted by atomic mass is 16.3. The molecule has 0 saturated heterocycles. The van der Waals surface area contributed by atoms with Crippen molar-refractivity contribution >= 4 is 0 Å². The Morgan fingerprint density at radius 2 is 1.55 bits per heavy atom. The quantitative estimate of drug-likeness (QED) is 0.615. The molecule has 1 N–H and O–H groups in total. The number of aliphatic hydroxyl groups is 1. The SMILES string of the molecule is CCCCCCCCCn1nc(CC)c(CO)c1CC. The highest BCUT2D eigenvalue weighted by Gasteiger charge is 2.13. The van der Waals surface area contributed by atoms with Crippen molar-refractivity contribution in [1.82, 2.24) is 9.78 Å². The third-order valence-corrected chi connectivity index (χ3v) is 4.05. The van der Waals surface area contributed by atoms with Gasteiger partial charge in [0, 0.05) is 17.8 Å². The summed E-state index contributed by atoms with van der Waals surface area (Å²) in [5.74, 6) is 0. The first kappa shape index (κ1) is 17.2. The van der Waals surface area contributed by atoms with Gasteiger partial charge in [-0.15, -0.1) is 0 Å². The smallest absolute Gasteiger partial charge is 0.0718 e. The fourth-order valence-corrected chi connectivity index (χ4v) is 2.85. The van der Waals surface area contributed by atoms with Crippen LogP contribution < -0.4 is 0 Å². The molecule has 1 aromatic rings. The minimum atomic E-state index is 0.128. The van der Waals surface area contributed by atoms with Gasteiger partial charge in [0.05, 0.1) is 12.3 Å². The molecule has 0 atom stereocenters. The summed E-state index contributed by atoms with van der Waals surface area (Å²) in [4.78, 5) is 0. The van der Waals surface area contributed by atoms with Crippen molar-refractivity contribution < 1.29 is 5.11 Å². The summed E-state index contributed by atoms with van der Waals surface area (Å²) < 4.78 is 2.14. The zero-order chi connectivity index (χ0) is 14.8. The number of nitrogens with zero attached hydrogens (tertiary/aromatic N) is 2. The number of hydrogen-bond acceptors (Lipinski definition) is 2. The second-order valence-corrected chi connectivity index (χ2v) is 5.58. The Labute approximate surface area is 124 Å². The van der Waals surface area contributed by atoms with Crippen LogP contribution in [-0.4, -0.2) is 14.9 Å². The van der Waals surface area contributed by atoms with Gasteiger partial charge in [-0.3, -0.25) is 4.68 Å². The Kier molecular flexibility index (Phi) is 8.59. The highest BCUT2D eigenvalue weighted by Crippen LogP contribution is 2.17. The summed E-state index contributed by atoms with van der Waals surface area (Å²) in [6.45, 7) is 7.65. The van der Waals surface area contributed by atoms with Gasteiger partial charge < -0.3 is 5.11 Å². The van der Waals surface area contributed by atoms with Crippen LogP contribution in [0.3, 0.4) is 0 Å². The van der Waals surface area contributed by atoms with Crippen LogP contribution in [-0.2, 0) is 26.0 Å². The molecule has 0 fully saturated rings. The topological polar surface area (TPSA) is 38.0 Å². The minimum absolute atomic E-state index is 0.128. The largest absolute Gasteiger partial charge is 0.392 e. The Morgan fingerprint density at radius 1 is 0.900 bits per heavy atom. The van der Waals surface area contributed by atoms with E-state index in [0.29, 0.717) is 0 Å². The summed E-state index contributed by atoms with van der Waals surface area (Å²) in [6, 6.07) is 0. The van der Waals surface area contributed by atoms with Gasteiger partial charge in [-0.1, -0.05) is 59.3 Å². The molecular formula is C17H32N2O. The van der Waals surface area contributed by atoms with E-state index in [1.165, 1.54) is 50.6 Å². The van der Waals surface area contributed by atoms with Crippen molar-refractivity contribution in [3.8, 4) is 0 Å². The van der Waals surface area contributed by atoms with Gasteiger partial charge in [0.2, 0.25) is 0 Å². The molecule has 0 aromatic carbocycles. The fraction of sp³-hybridized carbons (Fsp3) is 0.824. The van der Waals surface area contributed by atoms with Crippen molar-refractivity contribution in [2.24, 2.45) is 0 Å². The first-order chi connectivity index (χ1) is 9.78. The molecule has 1 rings (SSSR count). The summed E-state index contributed by atoms with van der Waals surface area (Å²) in [6.07, 6.45) is 11.2. The van der Waals surface area contributed by atoms with Crippen LogP contribution in [0.2, 0.25) is 0 Å². The van der Waals surface area contributed by atoms with Crippen LogP contribution >= 0.6 is 0 Å². The summed E-state index contributed by atoms with van der Waals surface area (Å²) in [7, 11) is 0. The minimum Gasteiger partial charge on any atom is -0.392 e. The van der Waals surface area contributed by atoms with Crippen molar-refractivity contribution in [3.05, 3.63) is 17.0 Å². The number of unbranched alkanes of at least 4 members (excludes halogenated alkanes) is 6. The average Bonchev–Trinajstić information content (AvgIpc) is 2.83. The third-order valence-electron chi connectivity index (χ3n) is 4.05. The molecule has 0 unspecified atom stereocenters. The van der Waals surface area contributed by atoms with Gasteiger partial charge in [0.1, 0.15) is 0 Å². The number of rotatable bonds is 11. The van der Waals surface area contributed by atoms with E-state index in [4.69, 9.17) is 0 Å². The summed E-state index contributed by atoms with van der Waals surface area (Å²) in [5.41, 5.74) is 3.38. The van der Waals surface area contributed by atoms with Gasteiger partial charge in [0.15, 0.2) is 0 Å². The van der Waals surface area contributed by atoms with E-state index >= 15 is 0 Å². The van der Waals surface area contributed by atoms with Crippen LogP contribution in [0.4, 0.5) is 0 Å². The molecule has 0 radical (unpaired) electrons. The van der Waals surface area contributed by atoms with Gasteiger partial charge in [-0.05, 0) is 19.3 Å². The van der Waals surface area contributed by atoms with E-state index in [1.807, 2.05) is 0 Å². The van der Waals surface area contributed by atoms with E-state index in [-0.39, 0.29) is 6.61 Å². The Hall–Kier alpha value is -0.830. The molecule has 3 nitrogen and oxygen atoms in total. The van der Waals surface area contributed by atoms with Gasteiger partial charge in [-0.2, -0.15) is 5.10 Å².